The predicted molar refractivity (Wildman–Crippen MR) is 94.7 cm³/mol. The van der Waals surface area contributed by atoms with Crippen molar-refractivity contribution in [3.8, 4) is 0 Å². The lowest BCUT2D eigenvalue weighted by Crippen LogP contribution is -2.28. The fourth-order valence-electron chi connectivity index (χ4n) is 3.41. The highest BCUT2D eigenvalue weighted by Crippen LogP contribution is 2.29. The molecule has 138 valence electrons. The standard InChI is InChI=1S/C20H34O4/c1-2-3-8-11-18-13-15-20(22-16-17-23-20)14-10-7-5-4-6-9-12-19(21)24-18/h13,15,18H,2-12,14,16-17H2,1H3/b15-13-. The van der Waals surface area contributed by atoms with Gasteiger partial charge in [-0.25, -0.2) is 0 Å². The van der Waals surface area contributed by atoms with Crippen molar-refractivity contribution >= 4 is 5.97 Å². The minimum Gasteiger partial charge on any atom is -0.458 e. The normalized spacial score (nSPS) is 27.5. The van der Waals surface area contributed by atoms with Crippen molar-refractivity contribution in [2.24, 2.45) is 0 Å². The summed E-state index contributed by atoms with van der Waals surface area (Å²) < 4.78 is 17.5. The third-order valence-corrected chi connectivity index (χ3v) is 4.87. The molecular weight excluding hydrogens is 304 g/mol. The molecule has 0 radical (unpaired) electrons. The van der Waals surface area contributed by atoms with Crippen molar-refractivity contribution in [1.82, 2.24) is 0 Å². The van der Waals surface area contributed by atoms with Crippen LogP contribution in [0.15, 0.2) is 12.2 Å². The monoisotopic (exact) mass is 338 g/mol. The lowest BCUT2D eigenvalue weighted by atomic mass is 10.0. The van der Waals surface area contributed by atoms with Crippen molar-refractivity contribution in [3.63, 3.8) is 0 Å². The van der Waals surface area contributed by atoms with E-state index in [1.807, 2.05) is 12.2 Å². The number of hydrogen-bond acceptors (Lipinski definition) is 4. The molecule has 0 aromatic carbocycles. The van der Waals surface area contributed by atoms with Crippen LogP contribution in [0, 0.1) is 0 Å². The fourth-order valence-corrected chi connectivity index (χ4v) is 3.41. The highest BCUT2D eigenvalue weighted by molar-refractivity contribution is 5.69. The van der Waals surface area contributed by atoms with Gasteiger partial charge in [-0.2, -0.15) is 0 Å². The first-order chi connectivity index (χ1) is 11.7. The maximum Gasteiger partial charge on any atom is 0.306 e. The molecule has 0 N–H and O–H groups in total. The van der Waals surface area contributed by atoms with Crippen LogP contribution in [-0.2, 0) is 19.0 Å². The second kappa shape index (κ2) is 10.9. The van der Waals surface area contributed by atoms with Crippen LogP contribution in [0.25, 0.3) is 0 Å². The molecule has 1 fully saturated rings. The minimum atomic E-state index is -0.598. The van der Waals surface area contributed by atoms with Gasteiger partial charge in [0, 0.05) is 12.8 Å². The molecule has 0 bridgehead atoms. The largest absolute Gasteiger partial charge is 0.458 e. The van der Waals surface area contributed by atoms with Crippen molar-refractivity contribution in [2.75, 3.05) is 13.2 Å². The molecule has 2 aliphatic rings. The highest BCUT2D eigenvalue weighted by atomic mass is 16.7. The summed E-state index contributed by atoms with van der Waals surface area (Å²) in [5, 5.41) is 0. The van der Waals surface area contributed by atoms with Crippen molar-refractivity contribution < 1.29 is 19.0 Å². The van der Waals surface area contributed by atoms with Crippen molar-refractivity contribution in [2.45, 2.75) is 95.9 Å². The number of unbranched alkanes of at least 4 members (excludes halogenated alkanes) is 2. The van der Waals surface area contributed by atoms with E-state index >= 15 is 0 Å². The van der Waals surface area contributed by atoms with Crippen LogP contribution < -0.4 is 0 Å². The quantitative estimate of drug-likeness (QED) is 0.415. The maximum absolute atomic E-state index is 12.1. The zero-order valence-electron chi connectivity index (χ0n) is 15.3. The summed E-state index contributed by atoms with van der Waals surface area (Å²) in [6.45, 7) is 3.47. The van der Waals surface area contributed by atoms with Gasteiger partial charge in [0.25, 0.3) is 0 Å². The Hall–Kier alpha value is -0.870. The average molecular weight is 338 g/mol. The van der Waals surface area contributed by atoms with Gasteiger partial charge in [-0.15, -0.1) is 0 Å². The number of rotatable bonds is 4. The number of ether oxygens (including phenoxy) is 3. The number of carbonyl (C=O) groups excluding carboxylic acids is 1. The van der Waals surface area contributed by atoms with E-state index < -0.39 is 5.79 Å². The van der Waals surface area contributed by atoms with Crippen LogP contribution in [0.2, 0.25) is 0 Å². The van der Waals surface area contributed by atoms with Gasteiger partial charge in [0.1, 0.15) is 6.10 Å². The van der Waals surface area contributed by atoms with Crippen molar-refractivity contribution in [1.29, 1.82) is 0 Å². The average Bonchev–Trinajstić information content (AvgIpc) is 3.04. The lowest BCUT2D eigenvalue weighted by Gasteiger charge is -2.25. The highest BCUT2D eigenvalue weighted by Gasteiger charge is 2.33. The first-order valence-electron chi connectivity index (χ1n) is 9.91. The Morgan fingerprint density at radius 1 is 1.04 bits per heavy atom. The van der Waals surface area contributed by atoms with Crippen LogP contribution in [0.3, 0.4) is 0 Å². The molecule has 0 saturated carbocycles. The Labute approximate surface area is 146 Å². The summed E-state index contributed by atoms with van der Waals surface area (Å²) in [4.78, 5) is 12.1. The van der Waals surface area contributed by atoms with Crippen LogP contribution in [0.4, 0.5) is 0 Å². The number of carbonyl (C=O) groups is 1. The first kappa shape index (κ1) is 19.5. The Morgan fingerprint density at radius 2 is 1.75 bits per heavy atom. The predicted octanol–water partition coefficient (Wildman–Crippen LogP) is 4.91. The first-order valence-corrected chi connectivity index (χ1v) is 9.91. The van der Waals surface area contributed by atoms with Gasteiger partial charge in [-0.3, -0.25) is 4.79 Å². The van der Waals surface area contributed by atoms with E-state index in [9.17, 15) is 4.79 Å². The van der Waals surface area contributed by atoms with Crippen LogP contribution in [-0.4, -0.2) is 31.1 Å². The summed E-state index contributed by atoms with van der Waals surface area (Å²) >= 11 is 0. The molecule has 1 saturated heterocycles. The van der Waals surface area contributed by atoms with E-state index in [1.54, 1.807) is 0 Å². The Morgan fingerprint density at radius 3 is 2.50 bits per heavy atom. The molecule has 0 aromatic heterocycles. The van der Waals surface area contributed by atoms with Crippen LogP contribution in [0.5, 0.6) is 0 Å². The van der Waals surface area contributed by atoms with Crippen molar-refractivity contribution in [3.05, 3.63) is 12.2 Å². The van der Waals surface area contributed by atoms with Crippen LogP contribution >= 0.6 is 0 Å². The number of cyclic esters (lactones) is 1. The Bertz CT molecular complexity index is 385. The Balaban J connectivity index is 2.02. The third kappa shape index (κ3) is 6.94. The van der Waals surface area contributed by atoms with Gasteiger partial charge < -0.3 is 14.2 Å². The molecular formula is C20H34O4. The van der Waals surface area contributed by atoms with E-state index in [2.05, 4.69) is 6.92 Å². The third-order valence-electron chi connectivity index (χ3n) is 4.87. The SMILES string of the molecule is CCCCCC1/C=C\C2(CCCCCCCCC(=O)O1)OCCO2. The van der Waals surface area contributed by atoms with E-state index in [1.165, 1.54) is 32.1 Å². The van der Waals surface area contributed by atoms with E-state index in [0.717, 1.165) is 38.5 Å². The lowest BCUT2D eigenvalue weighted by molar-refractivity contribution is -0.148. The second-order valence-corrected chi connectivity index (χ2v) is 7.01. The second-order valence-electron chi connectivity index (χ2n) is 7.01. The summed E-state index contributed by atoms with van der Waals surface area (Å²) in [5.74, 6) is -0.667. The molecule has 0 amide bonds. The van der Waals surface area contributed by atoms with Gasteiger partial charge in [-0.05, 0) is 37.8 Å². The van der Waals surface area contributed by atoms with Gasteiger partial charge in [-0.1, -0.05) is 45.4 Å². The van der Waals surface area contributed by atoms with Gasteiger partial charge >= 0.3 is 5.97 Å². The Kier molecular flexibility index (Phi) is 8.82. The molecule has 4 nitrogen and oxygen atoms in total. The van der Waals surface area contributed by atoms with Crippen LogP contribution in [0.1, 0.15) is 84.0 Å². The summed E-state index contributed by atoms with van der Waals surface area (Å²) in [5.41, 5.74) is 0. The minimum absolute atomic E-state index is 0.0690. The molecule has 1 spiro atoms. The molecule has 2 aliphatic heterocycles. The summed E-state index contributed by atoms with van der Waals surface area (Å²) in [6, 6.07) is 0. The summed E-state index contributed by atoms with van der Waals surface area (Å²) in [7, 11) is 0. The number of hydrogen-bond donors (Lipinski definition) is 0. The van der Waals surface area contributed by atoms with Gasteiger partial charge in [0.2, 0.25) is 0 Å². The maximum atomic E-state index is 12.1. The molecule has 4 heteroatoms. The van der Waals surface area contributed by atoms with E-state index in [4.69, 9.17) is 14.2 Å². The molecule has 1 unspecified atom stereocenters. The van der Waals surface area contributed by atoms with E-state index in [0.29, 0.717) is 19.6 Å². The van der Waals surface area contributed by atoms with Gasteiger partial charge in [0.05, 0.1) is 13.2 Å². The molecule has 2 rings (SSSR count). The van der Waals surface area contributed by atoms with Gasteiger partial charge in [0.15, 0.2) is 5.79 Å². The van der Waals surface area contributed by atoms with E-state index in [-0.39, 0.29) is 12.1 Å². The topological polar surface area (TPSA) is 44.8 Å². The fraction of sp³-hybridized carbons (Fsp3) is 0.850. The zero-order valence-corrected chi connectivity index (χ0v) is 15.3. The molecule has 0 aliphatic carbocycles. The zero-order chi connectivity index (χ0) is 17.1. The summed E-state index contributed by atoms with van der Waals surface area (Å²) in [6.07, 6.45) is 16.4. The molecule has 1 atom stereocenters. The number of esters is 1. The molecule has 2 heterocycles. The smallest absolute Gasteiger partial charge is 0.306 e. The molecule has 0 aromatic rings. The molecule has 24 heavy (non-hydrogen) atoms.